The monoisotopic (exact) mass is 616 g/mol. The number of hydrogen-bond acceptors (Lipinski definition) is 8. The van der Waals surface area contributed by atoms with Crippen LogP contribution in [0.3, 0.4) is 0 Å². The molecule has 1 heterocycles. The summed E-state index contributed by atoms with van der Waals surface area (Å²) < 4.78 is 4.93. The highest BCUT2D eigenvalue weighted by Gasteiger charge is 2.42. The lowest BCUT2D eigenvalue weighted by Crippen LogP contribution is -2.64. The zero-order valence-electron chi connectivity index (χ0n) is 28.5. The van der Waals surface area contributed by atoms with Gasteiger partial charge in [0.05, 0.1) is 25.7 Å². The van der Waals surface area contributed by atoms with Crippen LogP contribution < -0.4 is 16.5 Å². The summed E-state index contributed by atoms with van der Waals surface area (Å²) in [5, 5.41) is 7.39. The molecule has 1 saturated heterocycles. The van der Waals surface area contributed by atoms with E-state index in [9.17, 15) is 19.2 Å². The van der Waals surface area contributed by atoms with E-state index in [4.69, 9.17) is 10.6 Å². The maximum absolute atomic E-state index is 14.0. The normalized spacial score (nSPS) is 18.0. The summed E-state index contributed by atoms with van der Waals surface area (Å²) in [6, 6.07) is 7.26. The predicted octanol–water partition coefficient (Wildman–Crippen LogP) is 2.30. The molecule has 248 valence electrons. The molecule has 0 aromatic heterocycles. The Balaban J connectivity index is 2.21. The minimum absolute atomic E-state index is 0.0438. The number of esters is 1. The SMILES string of the molecule is CN[C@H](C(=O)N[C@H](C(=O)N(N)C(CN(C)CC(=O)N1CCCCC1C(=O)OC)C(C)C)C(C)(C)C)C(C)(C)c1ccccc1. The van der Waals surface area contributed by atoms with E-state index in [0.717, 1.165) is 18.4 Å². The molecule has 1 aliphatic heterocycles. The number of likely N-dealkylation sites (N-methyl/N-ethyl adjacent to an activating group) is 2. The molecule has 3 amide bonds. The summed E-state index contributed by atoms with van der Waals surface area (Å²) in [5.74, 6) is 5.24. The van der Waals surface area contributed by atoms with E-state index in [1.54, 1.807) is 19.0 Å². The quantitative estimate of drug-likeness (QED) is 0.133. The van der Waals surface area contributed by atoms with Crippen LogP contribution in [0, 0.1) is 11.3 Å². The van der Waals surface area contributed by atoms with E-state index >= 15 is 0 Å². The van der Waals surface area contributed by atoms with Gasteiger partial charge in [-0.15, -0.1) is 0 Å². The molecular formula is C33H56N6O5. The first kappa shape index (κ1) is 37.2. The van der Waals surface area contributed by atoms with Crippen molar-refractivity contribution in [3.05, 3.63) is 35.9 Å². The van der Waals surface area contributed by atoms with Gasteiger partial charge in [0.25, 0.3) is 5.91 Å². The summed E-state index contributed by atoms with van der Waals surface area (Å²) in [5.41, 5.74) is -0.209. The summed E-state index contributed by atoms with van der Waals surface area (Å²) >= 11 is 0. The summed E-state index contributed by atoms with van der Waals surface area (Å²) in [6.45, 7) is 14.5. The van der Waals surface area contributed by atoms with Gasteiger partial charge in [-0.2, -0.15) is 0 Å². The third-order valence-electron chi connectivity index (χ3n) is 8.77. The minimum atomic E-state index is -0.898. The van der Waals surface area contributed by atoms with E-state index in [0.29, 0.717) is 19.5 Å². The van der Waals surface area contributed by atoms with Crippen molar-refractivity contribution in [2.24, 2.45) is 17.2 Å². The molecule has 2 rings (SSSR count). The number of likely N-dealkylation sites (tertiary alicyclic amines) is 1. The van der Waals surface area contributed by atoms with Crippen LogP contribution in [-0.2, 0) is 29.3 Å². The Labute approximate surface area is 264 Å². The molecular weight excluding hydrogens is 560 g/mol. The lowest BCUT2D eigenvalue weighted by Gasteiger charge is -2.41. The van der Waals surface area contributed by atoms with Crippen LogP contribution in [0.25, 0.3) is 0 Å². The third kappa shape index (κ3) is 9.25. The van der Waals surface area contributed by atoms with Gasteiger partial charge in [0.2, 0.25) is 11.8 Å². The van der Waals surface area contributed by atoms with E-state index in [1.807, 2.05) is 83.7 Å². The van der Waals surface area contributed by atoms with Crippen LogP contribution in [0.5, 0.6) is 0 Å². The average Bonchev–Trinajstić information content (AvgIpc) is 2.97. The number of piperidine rings is 1. The molecule has 4 atom stereocenters. The van der Waals surface area contributed by atoms with Gasteiger partial charge in [0.1, 0.15) is 12.1 Å². The molecule has 1 fully saturated rings. The Bertz CT molecular complexity index is 1120. The second kappa shape index (κ2) is 15.8. The first-order valence-corrected chi connectivity index (χ1v) is 15.6. The second-order valence-corrected chi connectivity index (χ2v) is 14.0. The maximum Gasteiger partial charge on any atom is 0.328 e. The number of nitrogens with one attached hydrogen (secondary N) is 2. The minimum Gasteiger partial charge on any atom is -0.467 e. The lowest BCUT2D eigenvalue weighted by atomic mass is 9.76. The molecule has 0 aliphatic carbocycles. The number of hydrazine groups is 1. The molecule has 1 aliphatic rings. The summed E-state index contributed by atoms with van der Waals surface area (Å²) in [4.78, 5) is 56.7. The van der Waals surface area contributed by atoms with Gasteiger partial charge in [-0.1, -0.05) is 78.8 Å². The van der Waals surface area contributed by atoms with Crippen molar-refractivity contribution in [3.63, 3.8) is 0 Å². The van der Waals surface area contributed by atoms with E-state index < -0.39 is 46.9 Å². The molecule has 0 radical (unpaired) electrons. The molecule has 0 bridgehead atoms. The molecule has 11 nitrogen and oxygen atoms in total. The van der Waals surface area contributed by atoms with Gasteiger partial charge in [0.15, 0.2) is 0 Å². The lowest BCUT2D eigenvalue weighted by molar-refractivity contribution is -0.155. The summed E-state index contributed by atoms with van der Waals surface area (Å²) in [7, 11) is 4.87. The van der Waals surface area contributed by atoms with Crippen molar-refractivity contribution in [2.75, 3.05) is 40.8 Å². The fourth-order valence-corrected chi connectivity index (χ4v) is 5.98. The van der Waals surface area contributed by atoms with E-state index in [2.05, 4.69) is 10.6 Å². The van der Waals surface area contributed by atoms with Crippen LogP contribution in [0.1, 0.15) is 73.3 Å². The molecule has 1 aromatic carbocycles. The highest BCUT2D eigenvalue weighted by molar-refractivity contribution is 5.91. The van der Waals surface area contributed by atoms with Gasteiger partial charge >= 0.3 is 5.97 Å². The van der Waals surface area contributed by atoms with Crippen LogP contribution >= 0.6 is 0 Å². The molecule has 0 saturated carbocycles. The van der Waals surface area contributed by atoms with Crippen molar-refractivity contribution < 1.29 is 23.9 Å². The molecule has 4 N–H and O–H groups in total. The largest absolute Gasteiger partial charge is 0.467 e. The average molecular weight is 617 g/mol. The Hall–Kier alpha value is -3.02. The van der Waals surface area contributed by atoms with Crippen LogP contribution in [0.15, 0.2) is 30.3 Å². The van der Waals surface area contributed by atoms with Crippen molar-refractivity contribution in [3.8, 4) is 0 Å². The number of hydrogen-bond donors (Lipinski definition) is 3. The van der Waals surface area contributed by atoms with Crippen molar-refractivity contribution >= 4 is 23.7 Å². The Kier molecular flexibility index (Phi) is 13.4. The number of nitrogens with zero attached hydrogens (tertiary/aromatic N) is 3. The number of carbonyl (C=O) groups is 4. The number of benzene rings is 1. The highest BCUT2D eigenvalue weighted by atomic mass is 16.5. The number of amides is 3. The molecule has 44 heavy (non-hydrogen) atoms. The first-order chi connectivity index (χ1) is 20.5. The van der Waals surface area contributed by atoms with Crippen molar-refractivity contribution in [2.45, 2.75) is 97.3 Å². The fraction of sp³-hybridized carbons (Fsp3) is 0.697. The Morgan fingerprint density at radius 3 is 2.18 bits per heavy atom. The molecule has 2 unspecified atom stereocenters. The van der Waals surface area contributed by atoms with E-state index in [1.165, 1.54) is 12.1 Å². The first-order valence-electron chi connectivity index (χ1n) is 15.6. The smallest absolute Gasteiger partial charge is 0.328 e. The standard InChI is InChI=1S/C33H56N6O5/c1-22(2)25(20-37(9)21-26(40)38-19-15-14-18-24(38)31(43)44-10)39(34)30(42)28(32(3,4)5)36-29(41)27(35-8)33(6,7)23-16-12-11-13-17-23/h11-13,16-17,22,24-25,27-28,35H,14-15,18-21,34H2,1-10H3,(H,36,41)/t24?,25?,27-,28-/m1/s1. The molecule has 1 aromatic rings. The van der Waals surface area contributed by atoms with Crippen LogP contribution in [-0.4, -0.2) is 104 Å². The van der Waals surface area contributed by atoms with Crippen LogP contribution in [0.2, 0.25) is 0 Å². The molecule has 11 heteroatoms. The number of rotatable bonds is 13. The maximum atomic E-state index is 14.0. The topological polar surface area (TPSA) is 137 Å². The van der Waals surface area contributed by atoms with Gasteiger partial charge in [-0.05, 0) is 50.3 Å². The zero-order chi connectivity index (χ0) is 33.4. The third-order valence-corrected chi connectivity index (χ3v) is 8.77. The zero-order valence-corrected chi connectivity index (χ0v) is 28.5. The Morgan fingerprint density at radius 2 is 1.66 bits per heavy atom. The van der Waals surface area contributed by atoms with E-state index in [-0.39, 0.29) is 24.3 Å². The highest BCUT2D eigenvalue weighted by Crippen LogP contribution is 2.29. The van der Waals surface area contributed by atoms with Crippen molar-refractivity contribution in [1.82, 2.24) is 25.4 Å². The number of carbonyl (C=O) groups excluding carboxylic acids is 4. The van der Waals surface area contributed by atoms with Gasteiger partial charge in [-0.3, -0.25) is 24.3 Å². The second-order valence-electron chi connectivity index (χ2n) is 14.0. The number of ether oxygens (including phenoxy) is 1. The van der Waals surface area contributed by atoms with Crippen molar-refractivity contribution in [1.29, 1.82) is 0 Å². The predicted molar refractivity (Wildman–Crippen MR) is 172 cm³/mol. The van der Waals surface area contributed by atoms with Gasteiger partial charge in [0, 0.05) is 18.5 Å². The number of methoxy groups -OCH3 is 1. The number of nitrogens with two attached hydrogens (primary N) is 1. The Morgan fingerprint density at radius 1 is 1.05 bits per heavy atom. The fourth-order valence-electron chi connectivity index (χ4n) is 5.98. The summed E-state index contributed by atoms with van der Waals surface area (Å²) in [6.07, 6.45) is 2.28. The van der Waals surface area contributed by atoms with Gasteiger partial charge in [-0.25, -0.2) is 10.6 Å². The van der Waals surface area contributed by atoms with Crippen LogP contribution in [0.4, 0.5) is 0 Å². The van der Waals surface area contributed by atoms with Gasteiger partial charge < -0.3 is 20.3 Å². The molecule has 0 spiro atoms.